The van der Waals surface area contributed by atoms with E-state index in [0.29, 0.717) is 5.69 Å². The number of hydrogen-bond donors (Lipinski definition) is 1. The SMILES string of the molecule is CC(=O)C(=O)Nc1csc2ccccc12. The van der Waals surface area contributed by atoms with Crippen molar-refractivity contribution in [2.45, 2.75) is 6.92 Å². The summed E-state index contributed by atoms with van der Waals surface area (Å²) >= 11 is 1.54. The Balaban J connectivity index is 2.37. The van der Waals surface area contributed by atoms with Crippen LogP contribution in [0.3, 0.4) is 0 Å². The van der Waals surface area contributed by atoms with Gasteiger partial charge >= 0.3 is 0 Å². The molecule has 0 unspecified atom stereocenters. The number of Topliss-reactive ketones (excluding diaryl/α,β-unsaturated/α-hetero) is 1. The molecule has 0 saturated heterocycles. The molecule has 76 valence electrons. The number of amides is 1. The molecule has 0 aliphatic rings. The molecule has 4 heteroatoms. The molecule has 0 saturated carbocycles. The fourth-order valence-electron chi connectivity index (χ4n) is 1.28. The van der Waals surface area contributed by atoms with Gasteiger partial charge in [0.2, 0.25) is 5.78 Å². The summed E-state index contributed by atoms with van der Waals surface area (Å²) in [6.45, 7) is 1.25. The monoisotopic (exact) mass is 219 g/mol. The van der Waals surface area contributed by atoms with Crippen LogP contribution in [0.25, 0.3) is 10.1 Å². The zero-order chi connectivity index (χ0) is 10.8. The fourth-order valence-corrected chi connectivity index (χ4v) is 2.18. The van der Waals surface area contributed by atoms with E-state index in [4.69, 9.17) is 0 Å². The van der Waals surface area contributed by atoms with Crippen molar-refractivity contribution in [3.63, 3.8) is 0 Å². The topological polar surface area (TPSA) is 46.2 Å². The Labute approximate surface area is 90.7 Å². The molecule has 0 aliphatic carbocycles. The second-order valence-electron chi connectivity index (χ2n) is 3.16. The number of thiophene rings is 1. The van der Waals surface area contributed by atoms with Crippen LogP contribution >= 0.6 is 11.3 Å². The molecule has 0 atom stereocenters. The second kappa shape index (κ2) is 3.82. The number of anilines is 1. The molecule has 0 bridgehead atoms. The van der Waals surface area contributed by atoms with Crippen molar-refractivity contribution >= 4 is 38.8 Å². The molecule has 0 radical (unpaired) electrons. The van der Waals surface area contributed by atoms with Crippen LogP contribution in [0, 0.1) is 0 Å². The molecule has 0 aliphatic heterocycles. The molecule has 1 N–H and O–H groups in total. The predicted molar refractivity (Wildman–Crippen MR) is 61.1 cm³/mol. The number of nitrogens with one attached hydrogen (secondary N) is 1. The average molecular weight is 219 g/mol. The zero-order valence-corrected chi connectivity index (χ0v) is 8.93. The number of carbonyl (C=O) groups is 2. The molecular weight excluding hydrogens is 210 g/mol. The Bertz CT molecular complexity index is 530. The van der Waals surface area contributed by atoms with Gasteiger partial charge in [0.15, 0.2) is 0 Å². The maximum absolute atomic E-state index is 11.2. The Morgan fingerprint density at radius 3 is 2.73 bits per heavy atom. The van der Waals surface area contributed by atoms with Crippen LogP contribution in [0.4, 0.5) is 5.69 Å². The normalized spacial score (nSPS) is 10.2. The van der Waals surface area contributed by atoms with Crippen molar-refractivity contribution < 1.29 is 9.59 Å². The first-order valence-electron chi connectivity index (χ1n) is 4.46. The van der Waals surface area contributed by atoms with Gasteiger partial charge in [-0.1, -0.05) is 18.2 Å². The van der Waals surface area contributed by atoms with E-state index in [-0.39, 0.29) is 0 Å². The predicted octanol–water partition coefficient (Wildman–Crippen LogP) is 2.43. The highest BCUT2D eigenvalue weighted by molar-refractivity contribution is 7.17. The van der Waals surface area contributed by atoms with Crippen LogP contribution in [0.2, 0.25) is 0 Å². The van der Waals surface area contributed by atoms with Crippen molar-refractivity contribution in [1.82, 2.24) is 0 Å². The summed E-state index contributed by atoms with van der Waals surface area (Å²) in [6, 6.07) is 7.74. The highest BCUT2D eigenvalue weighted by atomic mass is 32.1. The summed E-state index contributed by atoms with van der Waals surface area (Å²) in [5.41, 5.74) is 0.704. The Hall–Kier alpha value is -1.68. The molecule has 0 fully saturated rings. The Morgan fingerprint density at radius 1 is 1.27 bits per heavy atom. The Kier molecular flexibility index (Phi) is 2.51. The van der Waals surface area contributed by atoms with Gasteiger partial charge in [0.25, 0.3) is 5.91 Å². The van der Waals surface area contributed by atoms with Crippen LogP contribution in [0.5, 0.6) is 0 Å². The van der Waals surface area contributed by atoms with E-state index in [1.165, 1.54) is 6.92 Å². The summed E-state index contributed by atoms with van der Waals surface area (Å²) in [5, 5.41) is 5.39. The lowest BCUT2D eigenvalue weighted by Gasteiger charge is -1.99. The lowest BCUT2D eigenvalue weighted by molar-refractivity contribution is -0.133. The molecule has 3 nitrogen and oxygen atoms in total. The van der Waals surface area contributed by atoms with Gasteiger partial charge in [-0.15, -0.1) is 11.3 Å². The van der Waals surface area contributed by atoms with Crippen LogP contribution in [-0.2, 0) is 9.59 Å². The van der Waals surface area contributed by atoms with E-state index in [0.717, 1.165) is 10.1 Å². The summed E-state index contributed by atoms with van der Waals surface area (Å²) in [5.74, 6) is -1.05. The lowest BCUT2D eigenvalue weighted by Crippen LogP contribution is -2.19. The zero-order valence-electron chi connectivity index (χ0n) is 8.11. The quantitative estimate of drug-likeness (QED) is 0.788. The van der Waals surface area contributed by atoms with Gasteiger partial charge in [0.1, 0.15) is 0 Å². The minimum atomic E-state index is -0.571. The maximum Gasteiger partial charge on any atom is 0.291 e. The molecule has 0 spiro atoms. The number of carbonyl (C=O) groups excluding carboxylic acids is 2. The third-order valence-corrected chi connectivity index (χ3v) is 3.01. The molecular formula is C11H9NO2S. The first kappa shape index (κ1) is 9.86. The number of hydrogen-bond acceptors (Lipinski definition) is 3. The van der Waals surface area contributed by atoms with E-state index < -0.39 is 11.7 Å². The minimum Gasteiger partial charge on any atom is -0.318 e. The fraction of sp³-hybridized carbons (Fsp3) is 0.0909. The van der Waals surface area contributed by atoms with E-state index in [9.17, 15) is 9.59 Å². The van der Waals surface area contributed by atoms with E-state index >= 15 is 0 Å². The molecule has 1 aromatic carbocycles. The average Bonchev–Trinajstić information content (AvgIpc) is 2.62. The van der Waals surface area contributed by atoms with Crippen molar-refractivity contribution in [3.05, 3.63) is 29.6 Å². The lowest BCUT2D eigenvalue weighted by atomic mass is 10.2. The van der Waals surface area contributed by atoms with Gasteiger partial charge in [-0.25, -0.2) is 0 Å². The molecule has 1 heterocycles. The summed E-state index contributed by atoms with van der Waals surface area (Å²) in [6.07, 6.45) is 0. The van der Waals surface area contributed by atoms with Crippen LogP contribution in [0.15, 0.2) is 29.6 Å². The van der Waals surface area contributed by atoms with Crippen LogP contribution in [-0.4, -0.2) is 11.7 Å². The molecule has 1 amide bonds. The van der Waals surface area contributed by atoms with Gasteiger partial charge in [-0.2, -0.15) is 0 Å². The van der Waals surface area contributed by atoms with E-state index in [1.54, 1.807) is 11.3 Å². The van der Waals surface area contributed by atoms with Gasteiger partial charge in [-0.05, 0) is 6.07 Å². The van der Waals surface area contributed by atoms with Gasteiger partial charge < -0.3 is 5.32 Å². The third-order valence-electron chi connectivity index (χ3n) is 2.05. The van der Waals surface area contributed by atoms with Crippen LogP contribution in [0.1, 0.15) is 6.92 Å². The summed E-state index contributed by atoms with van der Waals surface area (Å²) in [7, 11) is 0. The van der Waals surface area contributed by atoms with Crippen molar-refractivity contribution in [2.24, 2.45) is 0 Å². The molecule has 2 aromatic rings. The smallest absolute Gasteiger partial charge is 0.291 e. The number of ketones is 1. The molecule has 2 rings (SSSR count). The first-order chi connectivity index (χ1) is 7.18. The van der Waals surface area contributed by atoms with Gasteiger partial charge in [-0.3, -0.25) is 9.59 Å². The maximum atomic E-state index is 11.2. The third kappa shape index (κ3) is 1.89. The number of rotatable bonds is 2. The Morgan fingerprint density at radius 2 is 2.00 bits per heavy atom. The van der Waals surface area contributed by atoms with E-state index in [2.05, 4.69) is 5.32 Å². The summed E-state index contributed by atoms with van der Waals surface area (Å²) in [4.78, 5) is 22.0. The highest BCUT2D eigenvalue weighted by Gasteiger charge is 2.10. The largest absolute Gasteiger partial charge is 0.318 e. The van der Waals surface area contributed by atoms with Crippen molar-refractivity contribution in [1.29, 1.82) is 0 Å². The summed E-state index contributed by atoms with van der Waals surface area (Å²) < 4.78 is 1.09. The standard InChI is InChI=1S/C11H9NO2S/c1-7(13)11(14)12-9-6-15-10-5-3-2-4-8(9)10/h2-6H,1H3,(H,12,14). The minimum absolute atomic E-state index is 0.481. The second-order valence-corrected chi connectivity index (χ2v) is 4.07. The van der Waals surface area contributed by atoms with Crippen LogP contribution < -0.4 is 5.32 Å². The number of fused-ring (bicyclic) bond motifs is 1. The van der Waals surface area contributed by atoms with Crippen molar-refractivity contribution in [3.8, 4) is 0 Å². The van der Waals surface area contributed by atoms with E-state index in [1.807, 2.05) is 29.6 Å². The first-order valence-corrected chi connectivity index (χ1v) is 5.34. The molecule has 15 heavy (non-hydrogen) atoms. The van der Waals surface area contributed by atoms with Gasteiger partial charge in [0.05, 0.1) is 5.69 Å². The van der Waals surface area contributed by atoms with Crippen molar-refractivity contribution in [2.75, 3.05) is 5.32 Å². The number of benzene rings is 1. The molecule has 1 aromatic heterocycles. The highest BCUT2D eigenvalue weighted by Crippen LogP contribution is 2.29. The van der Waals surface area contributed by atoms with Gasteiger partial charge in [0, 0.05) is 22.4 Å².